The number of hydrogen-bond acceptors (Lipinski definition) is 2. The lowest BCUT2D eigenvalue weighted by atomic mass is 9.95. The number of aliphatic hydroxyl groups is 1. The Morgan fingerprint density at radius 1 is 1.75 bits per heavy atom. The number of hydrogen-bond donors (Lipinski definition) is 1. The Kier molecular flexibility index (Phi) is 1.26. The maximum atomic E-state index is 8.66. The fourth-order valence-electron chi connectivity index (χ4n) is 0.519. The first-order valence-corrected chi connectivity index (χ1v) is 2.55. The summed E-state index contributed by atoms with van der Waals surface area (Å²) in [4.78, 5) is 0. The van der Waals surface area contributed by atoms with E-state index in [1.807, 2.05) is 13.0 Å². The molecule has 8 heavy (non-hydrogen) atoms. The van der Waals surface area contributed by atoms with Crippen LogP contribution in [0, 0.1) is 12.0 Å². The van der Waals surface area contributed by atoms with Gasteiger partial charge in [0.1, 0.15) is 6.61 Å². The van der Waals surface area contributed by atoms with Gasteiger partial charge in [-0.2, -0.15) is 0 Å². The van der Waals surface area contributed by atoms with Gasteiger partial charge in [0.15, 0.2) is 0 Å². The fourth-order valence-corrected chi connectivity index (χ4v) is 0.519. The van der Waals surface area contributed by atoms with Gasteiger partial charge in [0.25, 0.3) is 0 Å². The molecule has 0 aromatic rings. The van der Waals surface area contributed by atoms with Gasteiger partial charge in [-0.25, -0.2) is 0 Å². The summed E-state index contributed by atoms with van der Waals surface area (Å²) >= 11 is 0. The average Bonchev–Trinajstić information content (AvgIpc) is 2.17. The number of aliphatic hydroxyl groups excluding tert-OH is 1. The van der Waals surface area contributed by atoms with Crippen LogP contribution in [0.25, 0.3) is 0 Å². The maximum Gasteiger partial charge on any atom is 0.146 e. The molecule has 1 unspecified atom stereocenters. The summed E-state index contributed by atoms with van der Waals surface area (Å²) in [6.45, 7) is 3.63. The fraction of sp³-hybridized carbons (Fsp3) is 0.500. The molecule has 1 N–H and O–H groups in total. The van der Waals surface area contributed by atoms with Crippen LogP contribution in [0.15, 0.2) is 12.3 Å². The molecule has 1 heterocycles. The number of rotatable bonds is 1. The van der Waals surface area contributed by atoms with Gasteiger partial charge in [-0.3, -0.25) is 0 Å². The molecule has 0 amide bonds. The zero-order valence-electron chi connectivity index (χ0n) is 4.79. The normalized spacial score (nSPS) is 35.2. The molecule has 1 rings (SSSR count). The number of ether oxygens (including phenoxy) is 1. The minimum Gasteiger partial charge on any atom is -0.493 e. The van der Waals surface area contributed by atoms with E-state index in [0.29, 0.717) is 0 Å². The van der Waals surface area contributed by atoms with Crippen LogP contribution in [0.4, 0.5) is 0 Å². The van der Waals surface area contributed by atoms with E-state index in [9.17, 15) is 0 Å². The minimum absolute atomic E-state index is 0.115. The third-order valence-electron chi connectivity index (χ3n) is 1.21. The molecule has 0 aromatic carbocycles. The van der Waals surface area contributed by atoms with Crippen LogP contribution in [0.3, 0.4) is 0 Å². The molecular weight excluding hydrogens is 104 g/mol. The summed E-state index contributed by atoms with van der Waals surface area (Å²) in [6, 6.07) is 0. The van der Waals surface area contributed by atoms with E-state index in [4.69, 9.17) is 9.84 Å². The second-order valence-corrected chi connectivity index (χ2v) is 2.22. The Bertz CT molecular complexity index is 109. The van der Waals surface area contributed by atoms with Crippen LogP contribution in [-0.2, 0) is 4.74 Å². The predicted octanol–water partition coefficient (Wildman–Crippen LogP) is 0.691. The average molecular weight is 113 g/mol. The molecule has 0 aliphatic carbocycles. The van der Waals surface area contributed by atoms with Crippen LogP contribution in [0.1, 0.15) is 6.92 Å². The van der Waals surface area contributed by atoms with Crippen molar-refractivity contribution in [3.8, 4) is 0 Å². The van der Waals surface area contributed by atoms with E-state index < -0.39 is 0 Å². The van der Waals surface area contributed by atoms with Gasteiger partial charge in [0.05, 0.1) is 18.3 Å². The van der Waals surface area contributed by atoms with Crippen molar-refractivity contribution in [3.05, 3.63) is 18.9 Å². The highest BCUT2D eigenvalue weighted by atomic mass is 16.5. The van der Waals surface area contributed by atoms with Gasteiger partial charge >= 0.3 is 0 Å². The van der Waals surface area contributed by atoms with Gasteiger partial charge < -0.3 is 9.84 Å². The molecule has 0 fully saturated rings. The van der Waals surface area contributed by atoms with E-state index in [-0.39, 0.29) is 12.0 Å². The van der Waals surface area contributed by atoms with Crippen molar-refractivity contribution < 1.29 is 9.84 Å². The zero-order chi connectivity index (χ0) is 6.04. The van der Waals surface area contributed by atoms with E-state index in [0.717, 1.165) is 0 Å². The molecule has 0 saturated carbocycles. The van der Waals surface area contributed by atoms with Crippen LogP contribution < -0.4 is 0 Å². The molecule has 1 aliphatic rings. The van der Waals surface area contributed by atoms with Crippen molar-refractivity contribution in [2.45, 2.75) is 6.92 Å². The second-order valence-electron chi connectivity index (χ2n) is 2.22. The SMILES string of the molecule is CC1(CO)[CH]OC=C1. The monoisotopic (exact) mass is 113 g/mol. The highest BCUT2D eigenvalue weighted by Gasteiger charge is 2.24. The molecule has 1 radical (unpaired) electrons. The summed E-state index contributed by atoms with van der Waals surface area (Å²) in [5.41, 5.74) is -0.236. The van der Waals surface area contributed by atoms with Gasteiger partial charge in [-0.05, 0) is 6.08 Å². The van der Waals surface area contributed by atoms with Crippen molar-refractivity contribution in [2.24, 2.45) is 5.41 Å². The molecule has 0 aromatic heterocycles. The standard InChI is InChI=1S/C6H9O2/c1-6(4-7)2-3-8-5-6/h2-3,5,7H,4H2,1H3. The smallest absolute Gasteiger partial charge is 0.146 e. The summed E-state index contributed by atoms with van der Waals surface area (Å²) in [5.74, 6) is 0. The Labute approximate surface area is 48.8 Å². The zero-order valence-corrected chi connectivity index (χ0v) is 4.79. The predicted molar refractivity (Wildman–Crippen MR) is 29.7 cm³/mol. The van der Waals surface area contributed by atoms with Crippen LogP contribution in [0.5, 0.6) is 0 Å². The molecule has 0 saturated heterocycles. The third-order valence-corrected chi connectivity index (χ3v) is 1.21. The van der Waals surface area contributed by atoms with E-state index in [1.165, 1.54) is 0 Å². The lowest BCUT2D eigenvalue weighted by Gasteiger charge is -2.13. The molecule has 2 heteroatoms. The molecular formula is C6H9O2. The van der Waals surface area contributed by atoms with Crippen molar-refractivity contribution in [1.82, 2.24) is 0 Å². The highest BCUT2D eigenvalue weighted by molar-refractivity contribution is 5.05. The Balaban J connectivity index is 2.54. The molecule has 1 aliphatic heterocycles. The summed E-state index contributed by atoms with van der Waals surface area (Å²) in [5, 5.41) is 8.66. The molecule has 0 spiro atoms. The van der Waals surface area contributed by atoms with Crippen molar-refractivity contribution in [2.75, 3.05) is 6.61 Å². The van der Waals surface area contributed by atoms with Crippen LogP contribution >= 0.6 is 0 Å². The molecule has 45 valence electrons. The Hall–Kier alpha value is -0.500. The molecule has 1 atom stereocenters. The van der Waals surface area contributed by atoms with E-state index >= 15 is 0 Å². The Morgan fingerprint density at radius 3 is 2.75 bits per heavy atom. The lowest BCUT2D eigenvalue weighted by Crippen LogP contribution is -2.15. The minimum atomic E-state index is -0.236. The van der Waals surface area contributed by atoms with E-state index in [2.05, 4.69) is 0 Å². The highest BCUT2D eigenvalue weighted by Crippen LogP contribution is 2.26. The Morgan fingerprint density at radius 2 is 2.50 bits per heavy atom. The van der Waals surface area contributed by atoms with E-state index in [1.54, 1.807) is 12.9 Å². The first-order chi connectivity index (χ1) is 3.77. The summed E-state index contributed by atoms with van der Waals surface area (Å²) in [6.07, 6.45) is 3.41. The summed E-state index contributed by atoms with van der Waals surface area (Å²) < 4.78 is 4.79. The van der Waals surface area contributed by atoms with Gasteiger partial charge in [0, 0.05) is 0 Å². The van der Waals surface area contributed by atoms with Gasteiger partial charge in [-0.1, -0.05) is 6.92 Å². The lowest BCUT2D eigenvalue weighted by molar-refractivity contribution is 0.171. The molecule has 0 bridgehead atoms. The first kappa shape index (κ1) is 5.63. The largest absolute Gasteiger partial charge is 0.493 e. The maximum absolute atomic E-state index is 8.66. The van der Waals surface area contributed by atoms with Gasteiger partial charge in [-0.15, -0.1) is 0 Å². The van der Waals surface area contributed by atoms with Crippen molar-refractivity contribution >= 4 is 0 Å². The second kappa shape index (κ2) is 1.78. The quantitative estimate of drug-likeness (QED) is 0.542. The van der Waals surface area contributed by atoms with Crippen LogP contribution in [0.2, 0.25) is 0 Å². The van der Waals surface area contributed by atoms with Crippen molar-refractivity contribution in [3.63, 3.8) is 0 Å². The third kappa shape index (κ3) is 0.842. The topological polar surface area (TPSA) is 29.5 Å². The molecule has 2 nitrogen and oxygen atoms in total. The summed E-state index contributed by atoms with van der Waals surface area (Å²) in [7, 11) is 0. The van der Waals surface area contributed by atoms with Crippen LogP contribution in [-0.4, -0.2) is 11.7 Å². The van der Waals surface area contributed by atoms with Gasteiger partial charge in [0.2, 0.25) is 0 Å². The van der Waals surface area contributed by atoms with Crippen molar-refractivity contribution in [1.29, 1.82) is 0 Å². The first-order valence-electron chi connectivity index (χ1n) is 2.55.